The summed E-state index contributed by atoms with van der Waals surface area (Å²) in [6.07, 6.45) is 2.23. The lowest BCUT2D eigenvalue weighted by Crippen LogP contribution is -2.45. The summed E-state index contributed by atoms with van der Waals surface area (Å²) in [5, 5.41) is 4.72. The Hall–Kier alpha value is -3.23. The van der Waals surface area contributed by atoms with E-state index in [9.17, 15) is 9.59 Å². The highest BCUT2D eigenvalue weighted by Gasteiger charge is 2.27. The molecule has 0 amide bonds. The van der Waals surface area contributed by atoms with E-state index in [-0.39, 0.29) is 5.56 Å². The number of fused-ring (bicyclic) bond motifs is 1. The molecule has 1 atom stereocenters. The maximum Gasteiger partial charge on any atom is 0.339 e. The number of anilines is 1. The smallest absolute Gasteiger partial charge is 0.339 e. The van der Waals surface area contributed by atoms with Crippen molar-refractivity contribution in [3.8, 4) is 0 Å². The predicted octanol–water partition coefficient (Wildman–Crippen LogP) is 4.61. The molecule has 0 bridgehead atoms. The lowest BCUT2D eigenvalue weighted by atomic mass is 10.0. The monoisotopic (exact) mass is 506 g/mol. The number of hydrogen-bond donors (Lipinski definition) is 2. The Kier molecular flexibility index (Phi) is 8.06. The van der Waals surface area contributed by atoms with Crippen molar-refractivity contribution in [3.63, 3.8) is 0 Å². The number of likely N-dealkylation sites (tertiary alicyclic amines) is 1. The molecule has 0 saturated carbocycles. The highest BCUT2D eigenvalue weighted by atomic mass is 32.1. The van der Waals surface area contributed by atoms with Crippen molar-refractivity contribution in [1.29, 1.82) is 0 Å². The molecule has 1 aliphatic heterocycles. The number of nitrogens with one attached hydrogen (secondary N) is 2. The molecule has 3 aromatic rings. The molecule has 190 valence electrons. The number of H-pyrrole nitrogens is 1. The molecule has 2 N–H and O–H groups in total. The van der Waals surface area contributed by atoms with Gasteiger partial charge in [0.05, 0.1) is 30.4 Å². The van der Waals surface area contributed by atoms with Crippen LogP contribution >= 0.6 is 12.2 Å². The number of carbonyl (C=O) groups excluding carboxylic acids is 1. The van der Waals surface area contributed by atoms with E-state index in [1.807, 2.05) is 36.9 Å². The zero-order valence-electron chi connectivity index (χ0n) is 21.4. The van der Waals surface area contributed by atoms with Gasteiger partial charge in [0, 0.05) is 18.2 Å². The van der Waals surface area contributed by atoms with E-state index < -0.39 is 5.97 Å². The van der Waals surface area contributed by atoms with Gasteiger partial charge < -0.3 is 19.9 Å². The first-order chi connectivity index (χ1) is 17.3. The second-order valence-corrected chi connectivity index (χ2v) is 9.75. The largest absolute Gasteiger partial charge is 0.465 e. The van der Waals surface area contributed by atoms with Crippen LogP contribution < -0.4 is 10.9 Å². The average molecular weight is 507 g/mol. The van der Waals surface area contributed by atoms with E-state index >= 15 is 0 Å². The molecule has 7 nitrogen and oxygen atoms in total. The van der Waals surface area contributed by atoms with Gasteiger partial charge in [-0.15, -0.1) is 0 Å². The lowest BCUT2D eigenvalue weighted by molar-refractivity contribution is 0.0602. The summed E-state index contributed by atoms with van der Waals surface area (Å²) >= 11 is 5.86. The Balaban J connectivity index is 1.66. The number of carbonyl (C=O) groups is 1. The van der Waals surface area contributed by atoms with Crippen LogP contribution in [0.3, 0.4) is 0 Å². The lowest BCUT2D eigenvalue weighted by Gasteiger charge is -2.32. The molecule has 1 aliphatic rings. The van der Waals surface area contributed by atoms with Crippen molar-refractivity contribution in [3.05, 3.63) is 75.1 Å². The number of aromatic amines is 1. The zero-order chi connectivity index (χ0) is 25.8. The van der Waals surface area contributed by atoms with Crippen molar-refractivity contribution in [1.82, 2.24) is 14.8 Å². The minimum atomic E-state index is -0.433. The summed E-state index contributed by atoms with van der Waals surface area (Å²) in [4.78, 5) is 33.0. The van der Waals surface area contributed by atoms with Crippen LogP contribution in [-0.4, -0.2) is 58.7 Å². The van der Waals surface area contributed by atoms with Crippen LogP contribution in [0.25, 0.3) is 10.9 Å². The van der Waals surface area contributed by atoms with Crippen molar-refractivity contribution in [2.24, 2.45) is 0 Å². The third-order valence-corrected chi connectivity index (χ3v) is 7.55. The van der Waals surface area contributed by atoms with Crippen LogP contribution in [0.2, 0.25) is 0 Å². The number of aromatic nitrogens is 1. The standard InChI is InChI=1S/C28H34N4O3S/c1-5-31-14-8-9-22(31)17-32(28(36)29-24-11-7-6-10-23(24)27(34)35-4)16-21-15-20-13-12-18(2)19(3)25(20)30-26(21)33/h6-7,10-13,15,22H,5,8-9,14,16-17H2,1-4H3,(H,29,36)(H,30,33)/t22-/m1/s1. The molecule has 4 rings (SSSR count). The van der Waals surface area contributed by atoms with Crippen LogP contribution in [0, 0.1) is 13.8 Å². The Morgan fingerprint density at radius 1 is 1.25 bits per heavy atom. The quantitative estimate of drug-likeness (QED) is 0.358. The van der Waals surface area contributed by atoms with Crippen LogP contribution in [0.4, 0.5) is 5.69 Å². The van der Waals surface area contributed by atoms with E-state index in [0.29, 0.717) is 41.1 Å². The van der Waals surface area contributed by atoms with Gasteiger partial charge in [-0.1, -0.05) is 31.2 Å². The van der Waals surface area contributed by atoms with Crippen molar-refractivity contribution in [2.45, 2.75) is 46.2 Å². The highest BCUT2D eigenvalue weighted by molar-refractivity contribution is 7.80. The maximum atomic E-state index is 13.1. The van der Waals surface area contributed by atoms with E-state index in [4.69, 9.17) is 17.0 Å². The highest BCUT2D eigenvalue weighted by Crippen LogP contribution is 2.23. The van der Waals surface area contributed by atoms with Crippen LogP contribution in [0.1, 0.15) is 46.8 Å². The molecular formula is C28H34N4O3S. The van der Waals surface area contributed by atoms with E-state index in [0.717, 1.165) is 48.0 Å². The molecule has 0 radical (unpaired) electrons. The van der Waals surface area contributed by atoms with Crippen LogP contribution in [0.15, 0.2) is 47.3 Å². The van der Waals surface area contributed by atoms with Gasteiger partial charge in [0.25, 0.3) is 5.56 Å². The minimum absolute atomic E-state index is 0.113. The number of hydrogen-bond acceptors (Lipinski definition) is 5. The molecule has 8 heteroatoms. The van der Waals surface area contributed by atoms with E-state index in [2.05, 4.69) is 28.2 Å². The summed E-state index contributed by atoms with van der Waals surface area (Å²) in [6.45, 7) is 9.32. The number of para-hydroxylation sites is 1. The Morgan fingerprint density at radius 2 is 2.03 bits per heavy atom. The molecule has 1 fully saturated rings. The van der Waals surface area contributed by atoms with Crippen LogP contribution in [0.5, 0.6) is 0 Å². The van der Waals surface area contributed by atoms with Crippen molar-refractivity contribution >= 4 is 39.9 Å². The number of aryl methyl sites for hydroxylation is 2. The minimum Gasteiger partial charge on any atom is -0.465 e. The van der Waals surface area contributed by atoms with Crippen LogP contribution in [-0.2, 0) is 11.3 Å². The van der Waals surface area contributed by atoms with E-state index in [1.165, 1.54) is 7.11 Å². The summed E-state index contributed by atoms with van der Waals surface area (Å²) in [5.41, 5.74) is 4.62. The number of ether oxygens (including phenoxy) is 1. The van der Waals surface area contributed by atoms with Gasteiger partial charge in [0.2, 0.25) is 0 Å². The van der Waals surface area contributed by atoms with Gasteiger partial charge in [-0.3, -0.25) is 9.69 Å². The maximum absolute atomic E-state index is 13.1. The summed E-state index contributed by atoms with van der Waals surface area (Å²) in [7, 11) is 1.36. The molecular weight excluding hydrogens is 472 g/mol. The number of thiocarbonyl (C=S) groups is 1. The molecule has 0 aliphatic carbocycles. The van der Waals surface area contributed by atoms with Gasteiger partial charge >= 0.3 is 5.97 Å². The van der Waals surface area contributed by atoms with Crippen molar-refractivity contribution < 1.29 is 9.53 Å². The Labute approximate surface area is 217 Å². The molecule has 0 spiro atoms. The fraction of sp³-hybridized carbons (Fsp3) is 0.393. The number of pyridine rings is 1. The summed E-state index contributed by atoms with van der Waals surface area (Å²) in [6, 6.07) is 13.6. The number of rotatable bonds is 7. The molecule has 2 heterocycles. The first kappa shape index (κ1) is 25.9. The second-order valence-electron chi connectivity index (χ2n) is 9.37. The van der Waals surface area contributed by atoms with Gasteiger partial charge in [0.1, 0.15) is 0 Å². The number of esters is 1. The second kappa shape index (κ2) is 11.2. The SMILES string of the molecule is CCN1CCC[C@@H]1CN(Cc1cc2ccc(C)c(C)c2[nH]c1=O)C(=S)Nc1ccccc1C(=O)OC. The normalized spacial score (nSPS) is 15.7. The fourth-order valence-corrected chi connectivity index (χ4v) is 5.21. The van der Waals surface area contributed by atoms with Crippen molar-refractivity contribution in [2.75, 3.05) is 32.1 Å². The topological polar surface area (TPSA) is 77.7 Å². The van der Waals surface area contributed by atoms with Gasteiger partial charge in [0.15, 0.2) is 5.11 Å². The predicted molar refractivity (Wildman–Crippen MR) is 149 cm³/mol. The number of benzene rings is 2. The number of nitrogens with zero attached hydrogens (tertiary/aromatic N) is 2. The molecule has 2 aromatic carbocycles. The van der Waals surface area contributed by atoms with Gasteiger partial charge in [-0.2, -0.15) is 0 Å². The molecule has 36 heavy (non-hydrogen) atoms. The fourth-order valence-electron chi connectivity index (χ4n) is 4.96. The van der Waals surface area contributed by atoms with Gasteiger partial charge in [-0.25, -0.2) is 4.79 Å². The zero-order valence-corrected chi connectivity index (χ0v) is 22.2. The molecule has 1 saturated heterocycles. The third kappa shape index (κ3) is 5.44. The Morgan fingerprint density at radius 3 is 2.78 bits per heavy atom. The first-order valence-electron chi connectivity index (χ1n) is 12.4. The first-order valence-corrected chi connectivity index (χ1v) is 12.8. The van der Waals surface area contributed by atoms with Gasteiger partial charge in [-0.05, 0) is 86.7 Å². The summed E-state index contributed by atoms with van der Waals surface area (Å²) < 4.78 is 4.94. The summed E-state index contributed by atoms with van der Waals surface area (Å²) in [5.74, 6) is -0.433. The molecule has 0 unspecified atom stereocenters. The third-order valence-electron chi connectivity index (χ3n) is 7.19. The number of methoxy groups -OCH3 is 1. The average Bonchev–Trinajstić information content (AvgIpc) is 3.33. The number of likely N-dealkylation sites (N-methyl/N-ethyl adjacent to an activating group) is 1. The Bertz CT molecular complexity index is 1340. The van der Waals surface area contributed by atoms with E-state index in [1.54, 1.807) is 18.2 Å². The molecule has 1 aromatic heterocycles.